The molecule has 36 heavy (non-hydrogen) atoms. The van der Waals surface area contributed by atoms with E-state index in [1.807, 2.05) is 50.2 Å². The number of nitrogens with one attached hydrogen (secondary N) is 3. The van der Waals surface area contributed by atoms with Crippen LogP contribution >= 0.6 is 0 Å². The van der Waals surface area contributed by atoms with Gasteiger partial charge in [0.1, 0.15) is 36.1 Å². The molecular formula is C29H41N3O4. The van der Waals surface area contributed by atoms with E-state index < -0.39 is 0 Å². The molecule has 0 aromatic heterocycles. The molecule has 2 aromatic rings. The Morgan fingerprint density at radius 3 is 2.06 bits per heavy atom. The summed E-state index contributed by atoms with van der Waals surface area (Å²) in [7, 11) is 0. The number of fused-ring (bicyclic) bond motifs is 2. The van der Waals surface area contributed by atoms with Gasteiger partial charge in [0, 0.05) is 24.6 Å². The Bertz CT molecular complexity index is 984. The van der Waals surface area contributed by atoms with Gasteiger partial charge in [0.25, 0.3) is 0 Å². The van der Waals surface area contributed by atoms with Crippen molar-refractivity contribution in [2.75, 3.05) is 44.6 Å². The summed E-state index contributed by atoms with van der Waals surface area (Å²) in [6.07, 6.45) is 6.44. The molecule has 0 spiro atoms. The predicted octanol–water partition coefficient (Wildman–Crippen LogP) is 4.59. The van der Waals surface area contributed by atoms with Crippen LogP contribution in [-0.4, -0.2) is 57.3 Å². The first-order chi connectivity index (χ1) is 17.7. The molecule has 0 atom stereocenters. The van der Waals surface area contributed by atoms with Gasteiger partial charge in [0.15, 0.2) is 5.78 Å². The number of rotatable bonds is 4. The highest BCUT2D eigenvalue weighted by atomic mass is 16.5. The van der Waals surface area contributed by atoms with E-state index >= 15 is 0 Å². The summed E-state index contributed by atoms with van der Waals surface area (Å²) >= 11 is 0. The van der Waals surface area contributed by atoms with Crippen molar-refractivity contribution in [3.63, 3.8) is 0 Å². The molecule has 0 saturated carbocycles. The summed E-state index contributed by atoms with van der Waals surface area (Å²) in [5, 5.41) is 9.95. The van der Waals surface area contributed by atoms with E-state index in [4.69, 9.17) is 14.2 Å². The van der Waals surface area contributed by atoms with Gasteiger partial charge in [-0.25, -0.2) is 0 Å². The van der Waals surface area contributed by atoms with Crippen molar-refractivity contribution in [2.45, 2.75) is 64.6 Å². The lowest BCUT2D eigenvalue weighted by Gasteiger charge is -2.25. The largest absolute Gasteiger partial charge is 0.490 e. The molecule has 3 aliphatic heterocycles. The summed E-state index contributed by atoms with van der Waals surface area (Å²) < 4.78 is 17.5. The zero-order chi connectivity index (χ0) is 25.2. The molecule has 0 radical (unpaired) electrons. The monoisotopic (exact) mass is 495 g/mol. The topological polar surface area (TPSA) is 80.9 Å². The predicted molar refractivity (Wildman–Crippen MR) is 144 cm³/mol. The number of Topliss-reactive ketones (excluding diaryl/α,β-unsaturated/α-hetero) is 1. The Labute approximate surface area is 215 Å². The lowest BCUT2D eigenvalue weighted by molar-refractivity contribution is 0.0993. The maximum absolute atomic E-state index is 11.6. The SMILES string of the molecule is CC.O=C1CCc2ccc(OC3CCNCC3)cc21.c1cc2c(cc1OC1CCNCC1)OCCN2. The minimum absolute atomic E-state index is 0.260. The molecule has 4 aliphatic rings. The standard InChI is InChI=1S/C14H17NO2.C13H18N2O2.C2H6/c16-14-4-2-10-1-3-12(9-13(10)14)17-11-5-7-15-8-6-11;1-2-12-13(16-8-7-15-12)9-11(1)17-10-3-5-14-6-4-10;1-2/h1,3,9,11,15H,2,4-8H2;1-2,9-10,14-15H,3-8H2;1-2H3. The molecule has 2 fully saturated rings. The Kier molecular flexibility index (Phi) is 9.87. The number of hydrogen-bond acceptors (Lipinski definition) is 7. The molecule has 6 rings (SSSR count). The molecule has 0 bridgehead atoms. The van der Waals surface area contributed by atoms with Crippen LogP contribution in [0.1, 0.15) is 61.9 Å². The van der Waals surface area contributed by atoms with Crippen LogP contribution in [0.5, 0.6) is 17.2 Å². The van der Waals surface area contributed by atoms with Crippen LogP contribution in [0.3, 0.4) is 0 Å². The highest BCUT2D eigenvalue weighted by molar-refractivity contribution is 6.00. The van der Waals surface area contributed by atoms with E-state index in [1.165, 1.54) is 5.56 Å². The number of carbonyl (C=O) groups is 1. The number of carbonyl (C=O) groups excluding carboxylic acids is 1. The normalized spacial score (nSPS) is 19.2. The third kappa shape index (κ3) is 7.14. The van der Waals surface area contributed by atoms with Crippen LogP contribution in [0, 0.1) is 0 Å². The molecule has 7 nitrogen and oxygen atoms in total. The fourth-order valence-corrected chi connectivity index (χ4v) is 4.89. The molecule has 7 heteroatoms. The Morgan fingerprint density at radius 1 is 0.778 bits per heavy atom. The second kappa shape index (κ2) is 13.5. The van der Waals surface area contributed by atoms with Crippen LogP contribution in [-0.2, 0) is 6.42 Å². The zero-order valence-electron chi connectivity index (χ0n) is 21.7. The van der Waals surface area contributed by atoms with E-state index in [2.05, 4.69) is 16.0 Å². The van der Waals surface area contributed by atoms with Crippen molar-refractivity contribution in [3.8, 4) is 17.2 Å². The van der Waals surface area contributed by atoms with Gasteiger partial charge in [-0.2, -0.15) is 0 Å². The minimum atomic E-state index is 0.260. The Morgan fingerprint density at radius 2 is 1.39 bits per heavy atom. The summed E-state index contributed by atoms with van der Waals surface area (Å²) in [6, 6.07) is 12.0. The van der Waals surface area contributed by atoms with Crippen molar-refractivity contribution < 1.29 is 19.0 Å². The summed E-state index contributed by atoms with van der Waals surface area (Å²) in [5.41, 5.74) is 3.11. The van der Waals surface area contributed by atoms with Crippen LogP contribution in [0.4, 0.5) is 5.69 Å². The highest BCUT2D eigenvalue weighted by Crippen LogP contribution is 2.32. The van der Waals surface area contributed by atoms with Crippen LogP contribution in [0.25, 0.3) is 0 Å². The van der Waals surface area contributed by atoms with Gasteiger partial charge in [0.2, 0.25) is 0 Å². The summed E-state index contributed by atoms with van der Waals surface area (Å²) in [4.78, 5) is 11.6. The number of anilines is 1. The molecule has 2 aromatic carbocycles. The average molecular weight is 496 g/mol. The quantitative estimate of drug-likeness (QED) is 0.572. The first-order valence-corrected chi connectivity index (χ1v) is 13.7. The van der Waals surface area contributed by atoms with E-state index in [9.17, 15) is 4.79 Å². The number of aryl methyl sites for hydroxylation is 1. The molecule has 0 unspecified atom stereocenters. The first-order valence-electron chi connectivity index (χ1n) is 13.7. The smallest absolute Gasteiger partial charge is 0.163 e. The van der Waals surface area contributed by atoms with Crippen molar-refractivity contribution in [1.82, 2.24) is 10.6 Å². The van der Waals surface area contributed by atoms with Gasteiger partial charge in [-0.3, -0.25) is 4.79 Å². The van der Waals surface area contributed by atoms with Gasteiger partial charge >= 0.3 is 0 Å². The zero-order valence-corrected chi connectivity index (χ0v) is 21.7. The Hall–Kier alpha value is -2.77. The average Bonchev–Trinajstić information content (AvgIpc) is 3.31. The molecule has 196 valence electrons. The lowest BCUT2D eigenvalue weighted by atomic mass is 10.1. The van der Waals surface area contributed by atoms with Gasteiger partial charge in [-0.1, -0.05) is 19.9 Å². The minimum Gasteiger partial charge on any atom is -0.490 e. The van der Waals surface area contributed by atoms with E-state index in [0.717, 1.165) is 99.9 Å². The van der Waals surface area contributed by atoms with E-state index in [0.29, 0.717) is 18.6 Å². The van der Waals surface area contributed by atoms with Crippen molar-refractivity contribution in [3.05, 3.63) is 47.5 Å². The van der Waals surface area contributed by atoms with Crippen molar-refractivity contribution >= 4 is 11.5 Å². The first kappa shape index (κ1) is 26.3. The van der Waals surface area contributed by atoms with Gasteiger partial charge in [-0.15, -0.1) is 0 Å². The van der Waals surface area contributed by atoms with Crippen LogP contribution in [0.15, 0.2) is 36.4 Å². The number of piperidine rings is 2. The van der Waals surface area contributed by atoms with E-state index in [1.54, 1.807) is 0 Å². The fourth-order valence-electron chi connectivity index (χ4n) is 4.89. The van der Waals surface area contributed by atoms with Crippen LogP contribution in [0.2, 0.25) is 0 Å². The van der Waals surface area contributed by atoms with Crippen molar-refractivity contribution in [2.24, 2.45) is 0 Å². The summed E-state index contributed by atoms with van der Waals surface area (Å²) in [6.45, 7) is 9.75. The van der Waals surface area contributed by atoms with E-state index in [-0.39, 0.29) is 5.78 Å². The molecule has 0 amide bonds. The van der Waals surface area contributed by atoms with Crippen LogP contribution < -0.4 is 30.2 Å². The van der Waals surface area contributed by atoms with Gasteiger partial charge < -0.3 is 30.2 Å². The highest BCUT2D eigenvalue weighted by Gasteiger charge is 2.21. The molecular weight excluding hydrogens is 454 g/mol. The third-order valence-corrected chi connectivity index (χ3v) is 6.81. The second-order valence-corrected chi connectivity index (χ2v) is 9.31. The van der Waals surface area contributed by atoms with Gasteiger partial charge in [-0.05, 0) is 88.1 Å². The number of ether oxygens (including phenoxy) is 3. The van der Waals surface area contributed by atoms with Gasteiger partial charge in [0.05, 0.1) is 5.69 Å². The second-order valence-electron chi connectivity index (χ2n) is 9.31. The molecule has 3 heterocycles. The fraction of sp³-hybridized carbons (Fsp3) is 0.552. The molecule has 2 saturated heterocycles. The maximum atomic E-state index is 11.6. The number of ketones is 1. The van der Waals surface area contributed by atoms with Crippen molar-refractivity contribution in [1.29, 1.82) is 0 Å². The number of benzene rings is 2. The third-order valence-electron chi connectivity index (χ3n) is 6.81. The Balaban J connectivity index is 0.000000158. The number of hydrogen-bond donors (Lipinski definition) is 3. The maximum Gasteiger partial charge on any atom is 0.163 e. The summed E-state index contributed by atoms with van der Waals surface area (Å²) in [5.74, 6) is 2.93. The molecule has 3 N–H and O–H groups in total. The molecule has 1 aliphatic carbocycles. The lowest BCUT2D eigenvalue weighted by Crippen LogP contribution is -2.34.